The SMILES string of the molecule is COc1ccc(-c2noc([C@H]3CCCN(S(=O)(=O)c4ccc(Br)cc4)C3)n2)c(OC)c1. The summed E-state index contributed by atoms with van der Waals surface area (Å²) in [6, 6.07) is 12.0. The van der Waals surface area contributed by atoms with Crippen molar-refractivity contribution in [2.45, 2.75) is 23.7 Å². The molecule has 3 aromatic rings. The Hall–Kier alpha value is -2.43. The Bertz CT molecular complexity index is 1160. The number of hydrogen-bond donors (Lipinski definition) is 0. The maximum absolute atomic E-state index is 13.1. The standard InChI is InChI=1S/C21H22BrN3O5S/c1-28-16-7-10-18(19(12-16)29-2)20-23-21(30-24-20)14-4-3-11-25(13-14)31(26,27)17-8-5-15(22)6-9-17/h5-10,12,14H,3-4,11,13H2,1-2H3/t14-/m0/s1. The van der Waals surface area contributed by atoms with Crippen molar-refractivity contribution >= 4 is 26.0 Å². The molecule has 1 aromatic heterocycles. The molecule has 0 unspecified atom stereocenters. The molecule has 0 aliphatic carbocycles. The van der Waals surface area contributed by atoms with Gasteiger partial charge in [0.15, 0.2) is 0 Å². The van der Waals surface area contributed by atoms with Gasteiger partial charge in [0.05, 0.1) is 30.6 Å². The van der Waals surface area contributed by atoms with E-state index in [0.29, 0.717) is 48.3 Å². The molecule has 1 aliphatic rings. The molecule has 0 saturated carbocycles. The number of sulfonamides is 1. The first kappa shape index (κ1) is 21.8. The van der Waals surface area contributed by atoms with Gasteiger partial charge in [0.2, 0.25) is 21.7 Å². The molecule has 4 rings (SSSR count). The Morgan fingerprint density at radius 1 is 1.13 bits per heavy atom. The number of halogens is 1. The number of nitrogens with zero attached hydrogens (tertiary/aromatic N) is 3. The lowest BCUT2D eigenvalue weighted by atomic mass is 10.00. The summed E-state index contributed by atoms with van der Waals surface area (Å²) >= 11 is 3.34. The van der Waals surface area contributed by atoms with Gasteiger partial charge in [0.1, 0.15) is 11.5 Å². The van der Waals surface area contributed by atoms with Crippen LogP contribution in [0.4, 0.5) is 0 Å². The van der Waals surface area contributed by atoms with Crippen LogP contribution in [0.1, 0.15) is 24.7 Å². The summed E-state index contributed by atoms with van der Waals surface area (Å²) in [4.78, 5) is 4.81. The van der Waals surface area contributed by atoms with Crippen LogP contribution in [0.3, 0.4) is 0 Å². The lowest BCUT2D eigenvalue weighted by Crippen LogP contribution is -2.39. The third-order valence-corrected chi connectivity index (χ3v) is 7.68. The highest BCUT2D eigenvalue weighted by Crippen LogP contribution is 2.34. The van der Waals surface area contributed by atoms with E-state index in [1.807, 2.05) is 0 Å². The first-order valence-corrected chi connectivity index (χ1v) is 12.0. The molecule has 2 aromatic carbocycles. The van der Waals surface area contributed by atoms with Crippen LogP contribution in [-0.4, -0.2) is 50.2 Å². The fourth-order valence-electron chi connectivity index (χ4n) is 3.61. The topological polar surface area (TPSA) is 94.8 Å². The van der Waals surface area contributed by atoms with Crippen molar-refractivity contribution in [1.82, 2.24) is 14.4 Å². The van der Waals surface area contributed by atoms with Crippen LogP contribution in [0, 0.1) is 0 Å². The number of hydrogen-bond acceptors (Lipinski definition) is 7. The van der Waals surface area contributed by atoms with Gasteiger partial charge in [-0.25, -0.2) is 8.42 Å². The molecule has 10 heteroatoms. The molecular formula is C21H22BrN3O5S. The normalized spacial score (nSPS) is 17.5. The second kappa shape index (κ2) is 8.97. The van der Waals surface area contributed by atoms with E-state index in [-0.39, 0.29) is 10.8 Å². The third-order valence-electron chi connectivity index (χ3n) is 5.28. The number of methoxy groups -OCH3 is 2. The quantitative estimate of drug-likeness (QED) is 0.495. The molecule has 1 saturated heterocycles. The Kier molecular flexibility index (Phi) is 6.31. The van der Waals surface area contributed by atoms with Gasteiger partial charge in [-0.1, -0.05) is 21.1 Å². The van der Waals surface area contributed by atoms with Gasteiger partial charge < -0.3 is 14.0 Å². The Labute approximate surface area is 189 Å². The molecule has 0 radical (unpaired) electrons. The molecule has 2 heterocycles. The van der Waals surface area contributed by atoms with Crippen molar-refractivity contribution in [2.75, 3.05) is 27.3 Å². The van der Waals surface area contributed by atoms with E-state index >= 15 is 0 Å². The fourth-order valence-corrected chi connectivity index (χ4v) is 5.40. The first-order chi connectivity index (χ1) is 14.9. The highest BCUT2D eigenvalue weighted by Gasteiger charge is 2.33. The zero-order valence-electron chi connectivity index (χ0n) is 17.1. The van der Waals surface area contributed by atoms with Crippen LogP contribution in [-0.2, 0) is 10.0 Å². The van der Waals surface area contributed by atoms with Crippen molar-refractivity contribution in [1.29, 1.82) is 0 Å². The molecule has 31 heavy (non-hydrogen) atoms. The minimum Gasteiger partial charge on any atom is -0.497 e. The summed E-state index contributed by atoms with van der Waals surface area (Å²) < 4.78 is 44.6. The van der Waals surface area contributed by atoms with Gasteiger partial charge >= 0.3 is 0 Å². The zero-order chi connectivity index (χ0) is 22.0. The average Bonchev–Trinajstić information content (AvgIpc) is 3.29. The molecular weight excluding hydrogens is 486 g/mol. The van der Waals surface area contributed by atoms with Gasteiger partial charge in [0, 0.05) is 23.6 Å². The van der Waals surface area contributed by atoms with E-state index in [9.17, 15) is 8.42 Å². The Morgan fingerprint density at radius 2 is 1.90 bits per heavy atom. The van der Waals surface area contributed by atoms with E-state index in [2.05, 4.69) is 26.1 Å². The summed E-state index contributed by atoms with van der Waals surface area (Å²) in [5, 5.41) is 4.10. The Morgan fingerprint density at radius 3 is 2.61 bits per heavy atom. The van der Waals surface area contributed by atoms with Gasteiger partial charge in [0.25, 0.3) is 0 Å². The van der Waals surface area contributed by atoms with E-state index < -0.39 is 10.0 Å². The monoisotopic (exact) mass is 507 g/mol. The van der Waals surface area contributed by atoms with E-state index in [1.165, 1.54) is 4.31 Å². The largest absolute Gasteiger partial charge is 0.497 e. The van der Waals surface area contributed by atoms with Gasteiger partial charge in [-0.05, 0) is 49.2 Å². The lowest BCUT2D eigenvalue weighted by molar-refractivity contribution is 0.265. The highest BCUT2D eigenvalue weighted by molar-refractivity contribution is 9.10. The van der Waals surface area contributed by atoms with Gasteiger partial charge in [-0.15, -0.1) is 0 Å². The average molecular weight is 508 g/mol. The molecule has 0 spiro atoms. The van der Waals surface area contributed by atoms with Crippen LogP contribution in [0.2, 0.25) is 0 Å². The van der Waals surface area contributed by atoms with E-state index in [4.69, 9.17) is 14.0 Å². The van der Waals surface area contributed by atoms with Crippen molar-refractivity contribution in [3.8, 4) is 22.9 Å². The van der Waals surface area contributed by atoms with Crippen LogP contribution in [0.15, 0.2) is 56.4 Å². The van der Waals surface area contributed by atoms with Gasteiger partial charge in [-0.2, -0.15) is 9.29 Å². The van der Waals surface area contributed by atoms with Crippen LogP contribution in [0.25, 0.3) is 11.4 Å². The number of ether oxygens (including phenoxy) is 2. The molecule has 1 aliphatic heterocycles. The van der Waals surface area contributed by atoms with Crippen LogP contribution < -0.4 is 9.47 Å². The molecule has 1 atom stereocenters. The second-order valence-electron chi connectivity index (χ2n) is 7.18. The number of rotatable bonds is 6. The van der Waals surface area contributed by atoms with E-state index in [0.717, 1.165) is 10.9 Å². The number of aromatic nitrogens is 2. The zero-order valence-corrected chi connectivity index (χ0v) is 19.5. The predicted octanol–water partition coefficient (Wildman–Crippen LogP) is 4.08. The maximum Gasteiger partial charge on any atom is 0.243 e. The molecule has 8 nitrogen and oxygen atoms in total. The van der Waals surface area contributed by atoms with Crippen molar-refractivity contribution in [3.63, 3.8) is 0 Å². The molecule has 0 N–H and O–H groups in total. The highest BCUT2D eigenvalue weighted by atomic mass is 79.9. The smallest absolute Gasteiger partial charge is 0.243 e. The predicted molar refractivity (Wildman–Crippen MR) is 118 cm³/mol. The second-order valence-corrected chi connectivity index (χ2v) is 10.0. The minimum atomic E-state index is -3.59. The maximum atomic E-state index is 13.1. The molecule has 0 bridgehead atoms. The summed E-state index contributed by atoms with van der Waals surface area (Å²) in [6.45, 7) is 0.752. The molecule has 1 fully saturated rings. The summed E-state index contributed by atoms with van der Waals surface area (Å²) in [5.74, 6) is 1.86. The van der Waals surface area contributed by atoms with Gasteiger partial charge in [-0.3, -0.25) is 0 Å². The number of benzene rings is 2. The summed E-state index contributed by atoms with van der Waals surface area (Å²) in [7, 11) is -0.453. The van der Waals surface area contributed by atoms with Crippen molar-refractivity contribution in [2.24, 2.45) is 0 Å². The fraction of sp³-hybridized carbons (Fsp3) is 0.333. The molecule has 164 valence electrons. The Balaban J connectivity index is 1.56. The van der Waals surface area contributed by atoms with Crippen LogP contribution >= 0.6 is 15.9 Å². The number of piperidine rings is 1. The summed E-state index contributed by atoms with van der Waals surface area (Å²) in [5.41, 5.74) is 0.674. The minimum absolute atomic E-state index is 0.176. The van der Waals surface area contributed by atoms with E-state index in [1.54, 1.807) is 56.7 Å². The van der Waals surface area contributed by atoms with Crippen molar-refractivity contribution < 1.29 is 22.4 Å². The molecule has 0 amide bonds. The van der Waals surface area contributed by atoms with Crippen molar-refractivity contribution in [3.05, 3.63) is 52.8 Å². The summed E-state index contributed by atoms with van der Waals surface area (Å²) in [6.07, 6.45) is 1.48. The first-order valence-electron chi connectivity index (χ1n) is 9.74. The third kappa shape index (κ3) is 4.46. The lowest BCUT2D eigenvalue weighted by Gasteiger charge is -2.30. The van der Waals surface area contributed by atoms with Crippen LogP contribution in [0.5, 0.6) is 11.5 Å².